The van der Waals surface area contributed by atoms with Crippen LogP contribution in [0.1, 0.15) is 22.6 Å². The third-order valence-corrected chi connectivity index (χ3v) is 3.56. The van der Waals surface area contributed by atoms with E-state index in [1.54, 1.807) is 6.92 Å². The molecule has 0 aliphatic heterocycles. The molecule has 0 atom stereocenters. The van der Waals surface area contributed by atoms with Crippen LogP contribution in [0.25, 0.3) is 11.0 Å². The second-order valence-corrected chi connectivity index (χ2v) is 5.35. The summed E-state index contributed by atoms with van der Waals surface area (Å²) in [4.78, 5) is 18.7. The third-order valence-electron chi connectivity index (χ3n) is 3.56. The molecular weight excluding hydrogens is 321 g/mol. The second-order valence-electron chi connectivity index (χ2n) is 5.35. The maximum atomic E-state index is 13.3. The molecule has 1 N–H and O–H groups in total. The predicted molar refractivity (Wildman–Crippen MR) is 80.4 cm³/mol. The summed E-state index contributed by atoms with van der Waals surface area (Å²) < 4.78 is 40.5. The van der Waals surface area contributed by atoms with Crippen LogP contribution in [0, 0.1) is 18.3 Å². The van der Waals surface area contributed by atoms with E-state index < -0.39 is 17.6 Å². The van der Waals surface area contributed by atoms with E-state index in [2.05, 4.69) is 9.97 Å². The van der Waals surface area contributed by atoms with Gasteiger partial charge in [0.15, 0.2) is 0 Å². The van der Waals surface area contributed by atoms with Gasteiger partial charge in [0.1, 0.15) is 5.65 Å². The van der Waals surface area contributed by atoms with Crippen molar-refractivity contribution in [3.8, 4) is 6.07 Å². The Hall–Kier alpha value is -3.08. The normalized spacial score (nSPS) is 11.6. The van der Waals surface area contributed by atoms with Crippen LogP contribution in [-0.4, -0.2) is 14.5 Å². The molecule has 0 bridgehead atoms. The Bertz CT molecular complexity index is 1010. The molecule has 0 unspecified atom stereocenters. The van der Waals surface area contributed by atoms with Gasteiger partial charge in [-0.25, -0.2) is 4.98 Å². The Morgan fingerprint density at radius 3 is 2.54 bits per heavy atom. The van der Waals surface area contributed by atoms with Crippen LogP contribution < -0.4 is 5.56 Å². The lowest BCUT2D eigenvalue weighted by atomic mass is 10.1. The SMILES string of the molecule is Cc1cc2c(=O)n(Cc3ccc(C#N)cc3)c(C(F)(F)F)nc2[nH]1. The molecule has 24 heavy (non-hydrogen) atoms. The Morgan fingerprint density at radius 2 is 1.96 bits per heavy atom. The van der Waals surface area contributed by atoms with Crippen molar-refractivity contribution in [3.05, 3.63) is 63.3 Å². The van der Waals surface area contributed by atoms with Gasteiger partial charge in [-0.2, -0.15) is 18.4 Å². The minimum Gasteiger partial charge on any atom is -0.343 e. The summed E-state index contributed by atoms with van der Waals surface area (Å²) in [7, 11) is 0. The summed E-state index contributed by atoms with van der Waals surface area (Å²) in [6, 6.07) is 9.39. The summed E-state index contributed by atoms with van der Waals surface area (Å²) in [5, 5.41) is 8.87. The molecule has 0 fully saturated rings. The Morgan fingerprint density at radius 1 is 1.29 bits per heavy atom. The summed E-state index contributed by atoms with van der Waals surface area (Å²) in [6.07, 6.45) is -4.76. The molecule has 5 nitrogen and oxygen atoms in total. The maximum absolute atomic E-state index is 13.3. The van der Waals surface area contributed by atoms with E-state index >= 15 is 0 Å². The molecule has 0 radical (unpaired) electrons. The Labute approximate surface area is 134 Å². The predicted octanol–water partition coefficient (Wildman–Crippen LogP) is 2.97. The highest BCUT2D eigenvalue weighted by atomic mass is 19.4. The first-order valence-corrected chi connectivity index (χ1v) is 6.96. The highest BCUT2D eigenvalue weighted by Crippen LogP contribution is 2.28. The number of fused-ring (bicyclic) bond motifs is 1. The molecule has 3 aromatic rings. The largest absolute Gasteiger partial charge is 0.449 e. The second kappa shape index (κ2) is 5.53. The number of hydrogen-bond donors (Lipinski definition) is 1. The molecule has 0 aliphatic carbocycles. The topological polar surface area (TPSA) is 74.5 Å². The number of benzene rings is 1. The van der Waals surface area contributed by atoms with Gasteiger partial charge < -0.3 is 4.98 Å². The standard InChI is InChI=1S/C16H11F3N4O/c1-9-6-12-13(21-9)22-15(16(17,18)19)23(14(12)24)8-11-4-2-10(7-20)3-5-11/h2-6,21H,8H2,1H3. The number of aryl methyl sites for hydroxylation is 1. The first-order chi connectivity index (χ1) is 11.3. The Balaban J connectivity index is 2.18. The molecule has 2 aromatic heterocycles. The van der Waals surface area contributed by atoms with Gasteiger partial charge in [-0.3, -0.25) is 9.36 Å². The van der Waals surface area contributed by atoms with Gasteiger partial charge >= 0.3 is 6.18 Å². The van der Waals surface area contributed by atoms with E-state index in [0.717, 1.165) is 0 Å². The lowest BCUT2D eigenvalue weighted by Crippen LogP contribution is -2.30. The zero-order valence-corrected chi connectivity index (χ0v) is 12.5. The van der Waals surface area contributed by atoms with Crippen LogP contribution in [0.5, 0.6) is 0 Å². The molecule has 2 heterocycles. The first-order valence-electron chi connectivity index (χ1n) is 6.96. The van der Waals surface area contributed by atoms with E-state index in [1.165, 1.54) is 30.3 Å². The highest BCUT2D eigenvalue weighted by Gasteiger charge is 2.37. The molecular formula is C16H11F3N4O. The van der Waals surface area contributed by atoms with Crippen LogP contribution in [0.4, 0.5) is 13.2 Å². The average Bonchev–Trinajstić information content (AvgIpc) is 2.90. The number of H-pyrrole nitrogens is 1. The van der Waals surface area contributed by atoms with E-state index in [0.29, 0.717) is 21.4 Å². The monoisotopic (exact) mass is 332 g/mol. The number of halogens is 3. The van der Waals surface area contributed by atoms with E-state index in [9.17, 15) is 18.0 Å². The number of aromatic nitrogens is 3. The van der Waals surface area contributed by atoms with Gasteiger partial charge in [0.25, 0.3) is 5.56 Å². The molecule has 0 aliphatic rings. The van der Waals surface area contributed by atoms with Crippen LogP contribution in [0.3, 0.4) is 0 Å². The van der Waals surface area contributed by atoms with E-state index in [1.807, 2.05) is 6.07 Å². The smallest absolute Gasteiger partial charge is 0.343 e. The quantitative estimate of drug-likeness (QED) is 0.784. The van der Waals surface area contributed by atoms with Gasteiger partial charge in [0.05, 0.1) is 23.6 Å². The minimum absolute atomic E-state index is 0.0825. The zero-order chi connectivity index (χ0) is 17.5. The molecule has 0 amide bonds. The van der Waals surface area contributed by atoms with E-state index in [4.69, 9.17) is 5.26 Å². The molecule has 0 spiro atoms. The fourth-order valence-corrected chi connectivity index (χ4v) is 2.46. The zero-order valence-electron chi connectivity index (χ0n) is 12.5. The third kappa shape index (κ3) is 2.76. The maximum Gasteiger partial charge on any atom is 0.449 e. The van der Waals surface area contributed by atoms with Gasteiger partial charge in [0, 0.05) is 5.69 Å². The van der Waals surface area contributed by atoms with Crippen molar-refractivity contribution in [3.63, 3.8) is 0 Å². The van der Waals surface area contributed by atoms with Gasteiger partial charge in [-0.15, -0.1) is 0 Å². The van der Waals surface area contributed by atoms with Crippen molar-refractivity contribution in [2.45, 2.75) is 19.6 Å². The summed E-state index contributed by atoms with van der Waals surface area (Å²) in [5.41, 5.74) is 0.563. The van der Waals surface area contributed by atoms with Crippen LogP contribution in [0.2, 0.25) is 0 Å². The number of alkyl halides is 3. The molecule has 0 saturated carbocycles. The fourth-order valence-electron chi connectivity index (χ4n) is 2.46. The lowest BCUT2D eigenvalue weighted by molar-refractivity contribution is -0.147. The molecule has 122 valence electrons. The van der Waals surface area contributed by atoms with Crippen molar-refractivity contribution in [1.29, 1.82) is 5.26 Å². The van der Waals surface area contributed by atoms with Crippen LogP contribution in [-0.2, 0) is 12.7 Å². The summed E-state index contributed by atoms with van der Waals surface area (Å²) >= 11 is 0. The van der Waals surface area contributed by atoms with Crippen molar-refractivity contribution in [2.24, 2.45) is 0 Å². The van der Waals surface area contributed by atoms with Gasteiger partial charge in [0.2, 0.25) is 5.82 Å². The number of hydrogen-bond acceptors (Lipinski definition) is 3. The molecule has 3 rings (SSSR count). The number of rotatable bonds is 2. The summed E-state index contributed by atoms with van der Waals surface area (Å²) in [5.74, 6) is -1.26. The van der Waals surface area contributed by atoms with Gasteiger partial charge in [-0.1, -0.05) is 12.1 Å². The van der Waals surface area contributed by atoms with Crippen LogP contribution in [0.15, 0.2) is 35.1 Å². The lowest BCUT2D eigenvalue weighted by Gasteiger charge is -2.14. The number of aromatic amines is 1. The first kappa shape index (κ1) is 15.8. The summed E-state index contributed by atoms with van der Waals surface area (Å²) in [6.45, 7) is 1.35. The molecule has 1 aromatic carbocycles. The van der Waals surface area contributed by atoms with Crippen molar-refractivity contribution in [1.82, 2.24) is 14.5 Å². The van der Waals surface area contributed by atoms with Crippen molar-refractivity contribution < 1.29 is 13.2 Å². The average molecular weight is 332 g/mol. The van der Waals surface area contributed by atoms with Crippen molar-refractivity contribution >= 4 is 11.0 Å². The minimum atomic E-state index is -4.76. The van der Waals surface area contributed by atoms with Crippen molar-refractivity contribution in [2.75, 3.05) is 0 Å². The molecule has 8 heteroatoms. The number of nitrogens with zero attached hydrogens (tertiary/aromatic N) is 3. The van der Waals surface area contributed by atoms with Gasteiger partial charge in [-0.05, 0) is 30.7 Å². The fraction of sp³-hybridized carbons (Fsp3) is 0.188. The number of nitriles is 1. The number of nitrogens with one attached hydrogen (secondary N) is 1. The highest BCUT2D eigenvalue weighted by molar-refractivity contribution is 5.75. The van der Waals surface area contributed by atoms with E-state index in [-0.39, 0.29) is 17.6 Å². The Kier molecular flexibility index (Phi) is 3.64. The molecule has 0 saturated heterocycles. The van der Waals surface area contributed by atoms with Crippen LogP contribution >= 0.6 is 0 Å².